The number of nitrogen functional groups attached to an aromatic ring is 1. The molecule has 1 aromatic rings. The molecule has 1 aliphatic rings. The smallest absolute Gasteiger partial charge is 0.240 e. The molecule has 1 saturated heterocycles. The van der Waals surface area contributed by atoms with Crippen LogP contribution in [0.25, 0.3) is 0 Å². The van der Waals surface area contributed by atoms with Crippen molar-refractivity contribution in [1.82, 2.24) is 16.0 Å². The van der Waals surface area contributed by atoms with Crippen LogP contribution in [0.15, 0.2) is 24.3 Å². The molecule has 0 aliphatic carbocycles. The number of anilines is 2. The number of primary amides is 1. The van der Waals surface area contributed by atoms with Crippen LogP contribution in [-0.2, 0) is 24.0 Å². The minimum Gasteiger partial charge on any atom is -0.399 e. The van der Waals surface area contributed by atoms with Gasteiger partial charge in [-0.2, -0.15) is 0 Å². The van der Waals surface area contributed by atoms with Crippen molar-refractivity contribution in [3.05, 3.63) is 24.3 Å². The number of rotatable bonds is 7. The molecule has 1 aromatic carbocycles. The van der Waals surface area contributed by atoms with Crippen LogP contribution in [0.3, 0.4) is 0 Å². The van der Waals surface area contributed by atoms with Gasteiger partial charge in [0, 0.05) is 24.2 Å². The summed E-state index contributed by atoms with van der Waals surface area (Å²) in [7, 11) is 0. The van der Waals surface area contributed by atoms with Gasteiger partial charge in [0.25, 0.3) is 0 Å². The molecule has 11 nitrogen and oxygen atoms in total. The van der Waals surface area contributed by atoms with Crippen molar-refractivity contribution >= 4 is 40.8 Å². The number of carbonyl (C=O) groups is 5. The molecule has 0 radical (unpaired) electrons. The summed E-state index contributed by atoms with van der Waals surface area (Å²) in [4.78, 5) is 59.6. The van der Waals surface area contributed by atoms with E-state index in [1.165, 1.54) is 0 Å². The van der Waals surface area contributed by atoms with E-state index in [0.29, 0.717) is 11.4 Å². The van der Waals surface area contributed by atoms with Crippen LogP contribution in [0.2, 0.25) is 0 Å². The van der Waals surface area contributed by atoms with E-state index in [9.17, 15) is 24.0 Å². The fraction of sp³-hybridized carbons (Fsp3) is 0.421. The molecule has 4 amide bonds. The summed E-state index contributed by atoms with van der Waals surface area (Å²) in [6.45, 7) is -0.198. The summed E-state index contributed by atoms with van der Waals surface area (Å²) >= 11 is 0. The summed E-state index contributed by atoms with van der Waals surface area (Å²) < 4.78 is 0. The standard InChI is InChI=1S/C19H26N6O5/c20-11-1-3-12(4-2-11)24-17(28)8-5-14(18(21)29)25-19(30)15-6-7-16(27)23-10-13(26)9-22-15/h1-4,14-15,22H,5-10,20H2,(H2,21,29)(H,23,27)(H,24,28)(H,25,30)/t14?,15-/m0/s1. The highest BCUT2D eigenvalue weighted by molar-refractivity contribution is 5.93. The third kappa shape index (κ3) is 7.51. The van der Waals surface area contributed by atoms with Crippen molar-refractivity contribution in [2.24, 2.45) is 5.73 Å². The average molecular weight is 418 g/mol. The number of nitrogens with one attached hydrogen (secondary N) is 4. The lowest BCUT2D eigenvalue weighted by atomic mass is 10.1. The molecule has 2 rings (SSSR count). The highest BCUT2D eigenvalue weighted by atomic mass is 16.2. The first-order chi connectivity index (χ1) is 14.2. The van der Waals surface area contributed by atoms with Crippen molar-refractivity contribution in [3.8, 4) is 0 Å². The fourth-order valence-corrected chi connectivity index (χ4v) is 2.81. The lowest BCUT2D eigenvalue weighted by Gasteiger charge is -2.21. The maximum Gasteiger partial charge on any atom is 0.240 e. The summed E-state index contributed by atoms with van der Waals surface area (Å²) in [5, 5.41) is 10.4. The normalized spacial score (nSPS) is 18.2. The Kier molecular flexibility index (Phi) is 8.29. The van der Waals surface area contributed by atoms with Crippen molar-refractivity contribution in [3.63, 3.8) is 0 Å². The van der Waals surface area contributed by atoms with Gasteiger partial charge in [0.15, 0.2) is 5.78 Å². The molecule has 0 saturated carbocycles. The molecular weight excluding hydrogens is 392 g/mol. The van der Waals surface area contributed by atoms with Crippen LogP contribution >= 0.6 is 0 Å². The molecule has 1 unspecified atom stereocenters. The number of amides is 4. The van der Waals surface area contributed by atoms with Crippen LogP contribution in [-0.4, -0.2) is 54.6 Å². The first kappa shape index (κ1) is 22.8. The second-order valence-electron chi connectivity index (χ2n) is 6.96. The third-order valence-electron chi connectivity index (χ3n) is 4.52. The van der Waals surface area contributed by atoms with E-state index >= 15 is 0 Å². The van der Waals surface area contributed by atoms with Crippen molar-refractivity contribution in [2.45, 2.75) is 37.8 Å². The van der Waals surface area contributed by atoms with Gasteiger partial charge >= 0.3 is 0 Å². The fourth-order valence-electron chi connectivity index (χ4n) is 2.81. The second-order valence-corrected chi connectivity index (χ2v) is 6.96. The maximum absolute atomic E-state index is 12.5. The van der Waals surface area contributed by atoms with Crippen molar-refractivity contribution in [1.29, 1.82) is 0 Å². The zero-order valence-electron chi connectivity index (χ0n) is 16.4. The van der Waals surface area contributed by atoms with Gasteiger partial charge in [-0.3, -0.25) is 29.3 Å². The molecule has 0 aromatic heterocycles. The number of carbonyl (C=O) groups excluding carboxylic acids is 5. The van der Waals surface area contributed by atoms with Gasteiger partial charge in [-0.25, -0.2) is 0 Å². The number of nitrogens with two attached hydrogens (primary N) is 2. The van der Waals surface area contributed by atoms with Crippen molar-refractivity contribution in [2.75, 3.05) is 24.1 Å². The van der Waals surface area contributed by atoms with Crippen LogP contribution in [0, 0.1) is 0 Å². The van der Waals surface area contributed by atoms with Crippen LogP contribution < -0.4 is 32.7 Å². The quantitative estimate of drug-likeness (QED) is 0.288. The highest BCUT2D eigenvalue weighted by Crippen LogP contribution is 2.11. The largest absolute Gasteiger partial charge is 0.399 e. The number of Topliss-reactive ketones (excluding diaryl/α,β-unsaturated/α-hetero) is 1. The van der Waals surface area contributed by atoms with Crippen LogP contribution in [0.5, 0.6) is 0 Å². The van der Waals surface area contributed by atoms with Gasteiger partial charge in [0.2, 0.25) is 23.6 Å². The van der Waals surface area contributed by atoms with Gasteiger partial charge < -0.3 is 27.4 Å². The summed E-state index contributed by atoms with van der Waals surface area (Å²) in [6.07, 6.45) is 0.128. The lowest BCUT2D eigenvalue weighted by Crippen LogP contribution is -2.52. The summed E-state index contributed by atoms with van der Waals surface area (Å²) in [6, 6.07) is 4.63. The Morgan fingerprint density at radius 1 is 1.13 bits per heavy atom. The van der Waals surface area contributed by atoms with E-state index in [2.05, 4.69) is 21.3 Å². The molecule has 0 bridgehead atoms. The van der Waals surface area contributed by atoms with Gasteiger partial charge in [-0.1, -0.05) is 0 Å². The SMILES string of the molecule is NC(=O)C(CCC(=O)Nc1ccc(N)cc1)NC(=O)[C@@H]1CCC(=O)NCC(=O)CN1. The van der Waals surface area contributed by atoms with E-state index in [-0.39, 0.29) is 56.4 Å². The molecule has 11 heteroatoms. The van der Waals surface area contributed by atoms with Gasteiger partial charge in [0.05, 0.1) is 19.1 Å². The molecule has 1 heterocycles. The van der Waals surface area contributed by atoms with E-state index in [1.807, 2.05) is 0 Å². The number of hydrogen-bond donors (Lipinski definition) is 6. The van der Waals surface area contributed by atoms with E-state index < -0.39 is 23.9 Å². The molecule has 8 N–H and O–H groups in total. The predicted octanol–water partition coefficient (Wildman–Crippen LogP) is -1.61. The first-order valence-corrected chi connectivity index (χ1v) is 9.51. The molecular formula is C19H26N6O5. The van der Waals surface area contributed by atoms with Crippen LogP contribution in [0.4, 0.5) is 11.4 Å². The summed E-state index contributed by atoms with van der Waals surface area (Å²) in [5.41, 5.74) is 12.1. The Morgan fingerprint density at radius 3 is 2.50 bits per heavy atom. The zero-order valence-corrected chi connectivity index (χ0v) is 16.4. The number of hydrogen-bond acceptors (Lipinski definition) is 7. The molecule has 162 valence electrons. The Balaban J connectivity index is 1.90. The Hall–Kier alpha value is -3.47. The lowest BCUT2D eigenvalue weighted by molar-refractivity contribution is -0.129. The van der Waals surface area contributed by atoms with Crippen molar-refractivity contribution < 1.29 is 24.0 Å². The average Bonchev–Trinajstić information content (AvgIpc) is 2.78. The van der Waals surface area contributed by atoms with Gasteiger partial charge in [-0.05, 0) is 37.1 Å². The van der Waals surface area contributed by atoms with E-state index in [0.717, 1.165) is 0 Å². The molecule has 0 spiro atoms. The van der Waals surface area contributed by atoms with Crippen LogP contribution in [0.1, 0.15) is 25.7 Å². The predicted molar refractivity (Wildman–Crippen MR) is 109 cm³/mol. The first-order valence-electron chi connectivity index (χ1n) is 9.51. The monoisotopic (exact) mass is 418 g/mol. The molecule has 1 fully saturated rings. The zero-order chi connectivity index (χ0) is 22.1. The Bertz CT molecular complexity index is 790. The van der Waals surface area contributed by atoms with E-state index in [1.54, 1.807) is 24.3 Å². The maximum atomic E-state index is 12.5. The Labute approximate surface area is 173 Å². The number of benzene rings is 1. The Morgan fingerprint density at radius 2 is 1.83 bits per heavy atom. The third-order valence-corrected chi connectivity index (χ3v) is 4.52. The van der Waals surface area contributed by atoms with Gasteiger partial charge in [0.1, 0.15) is 6.04 Å². The highest BCUT2D eigenvalue weighted by Gasteiger charge is 2.26. The molecule has 2 atom stereocenters. The second kappa shape index (κ2) is 10.9. The summed E-state index contributed by atoms with van der Waals surface area (Å²) in [5.74, 6) is -2.33. The van der Waals surface area contributed by atoms with E-state index in [4.69, 9.17) is 11.5 Å². The molecule has 1 aliphatic heterocycles. The minimum atomic E-state index is -1.08. The molecule has 30 heavy (non-hydrogen) atoms. The topological polar surface area (TPSA) is 186 Å². The minimum absolute atomic E-state index is 0.00594. The van der Waals surface area contributed by atoms with Gasteiger partial charge in [-0.15, -0.1) is 0 Å². The number of ketones is 1.